The molecule has 6 heteroatoms. The van der Waals surface area contributed by atoms with Crippen molar-refractivity contribution in [1.29, 1.82) is 0 Å². The number of carbonyl (C=O) groups excluding carboxylic acids is 1. The first-order valence-electron chi connectivity index (χ1n) is 9.06. The van der Waals surface area contributed by atoms with Gasteiger partial charge < -0.3 is 16.0 Å². The fourth-order valence-corrected chi connectivity index (χ4v) is 3.27. The summed E-state index contributed by atoms with van der Waals surface area (Å²) < 4.78 is 0. The number of aliphatic imine (C=N–C) groups is 1. The molecule has 144 valence electrons. The number of aryl methyl sites for hydroxylation is 2. The second-order valence-electron chi connectivity index (χ2n) is 6.87. The van der Waals surface area contributed by atoms with Crippen molar-refractivity contribution in [3.8, 4) is 0 Å². The molecule has 1 aliphatic rings. The van der Waals surface area contributed by atoms with Crippen LogP contribution >= 0.6 is 24.0 Å². The number of piperidine rings is 1. The predicted molar refractivity (Wildman–Crippen MR) is 123 cm³/mol. The lowest BCUT2D eigenvalue weighted by Crippen LogP contribution is -2.35. The van der Waals surface area contributed by atoms with E-state index in [1.165, 1.54) is 11.1 Å². The van der Waals surface area contributed by atoms with E-state index in [2.05, 4.69) is 30.2 Å². The fraction of sp³-hybridized carbons (Fsp3) is 0.333. The van der Waals surface area contributed by atoms with Crippen LogP contribution in [-0.2, 0) is 11.3 Å². The maximum Gasteiger partial charge on any atom is 0.226 e. The van der Waals surface area contributed by atoms with Gasteiger partial charge in [0, 0.05) is 24.3 Å². The summed E-state index contributed by atoms with van der Waals surface area (Å²) in [7, 11) is 0. The number of anilines is 2. The van der Waals surface area contributed by atoms with Crippen LogP contribution in [0.1, 0.15) is 36.0 Å². The van der Waals surface area contributed by atoms with Gasteiger partial charge in [-0.3, -0.25) is 4.79 Å². The van der Waals surface area contributed by atoms with Gasteiger partial charge in [0.05, 0.1) is 6.54 Å². The van der Waals surface area contributed by atoms with Crippen LogP contribution in [0.4, 0.5) is 11.4 Å². The van der Waals surface area contributed by atoms with Crippen LogP contribution in [0.25, 0.3) is 0 Å². The Morgan fingerprint density at radius 1 is 1.11 bits per heavy atom. The van der Waals surface area contributed by atoms with Crippen LogP contribution in [0, 0.1) is 13.8 Å². The van der Waals surface area contributed by atoms with E-state index in [0.717, 1.165) is 36.3 Å². The summed E-state index contributed by atoms with van der Waals surface area (Å²) in [6.07, 6.45) is 2.71. The number of halogens is 1. The van der Waals surface area contributed by atoms with Crippen molar-refractivity contribution < 1.29 is 4.79 Å². The minimum Gasteiger partial charge on any atom is -0.370 e. The Morgan fingerprint density at radius 3 is 2.41 bits per heavy atom. The van der Waals surface area contributed by atoms with Crippen LogP contribution in [0.2, 0.25) is 0 Å². The zero-order valence-electron chi connectivity index (χ0n) is 15.9. The highest BCUT2D eigenvalue weighted by molar-refractivity contribution is 14.0. The molecule has 1 heterocycles. The molecule has 2 aromatic rings. The highest BCUT2D eigenvalue weighted by Gasteiger charge is 2.19. The Morgan fingerprint density at radius 2 is 1.78 bits per heavy atom. The van der Waals surface area contributed by atoms with Gasteiger partial charge in [-0.05, 0) is 67.6 Å². The molecule has 0 bridgehead atoms. The average molecular weight is 478 g/mol. The van der Waals surface area contributed by atoms with Crippen molar-refractivity contribution in [2.24, 2.45) is 10.7 Å². The molecular weight excluding hydrogens is 451 g/mol. The van der Waals surface area contributed by atoms with E-state index in [0.29, 0.717) is 18.9 Å². The van der Waals surface area contributed by atoms with Crippen LogP contribution < -0.4 is 16.0 Å². The third kappa shape index (κ3) is 5.95. The van der Waals surface area contributed by atoms with Gasteiger partial charge in [0.25, 0.3) is 0 Å². The number of guanidine groups is 1. The zero-order valence-corrected chi connectivity index (χ0v) is 18.2. The van der Waals surface area contributed by atoms with Gasteiger partial charge in [-0.2, -0.15) is 0 Å². The molecule has 1 amide bonds. The van der Waals surface area contributed by atoms with Gasteiger partial charge in [-0.25, -0.2) is 4.99 Å². The molecule has 0 aliphatic carbocycles. The molecule has 0 radical (unpaired) electrons. The Bertz CT molecular complexity index is 797. The van der Waals surface area contributed by atoms with Gasteiger partial charge in [0.1, 0.15) is 0 Å². The minimum absolute atomic E-state index is 0. The molecule has 2 aromatic carbocycles. The maximum atomic E-state index is 12.0. The van der Waals surface area contributed by atoms with Crippen LogP contribution in [0.15, 0.2) is 47.5 Å². The van der Waals surface area contributed by atoms with Crippen molar-refractivity contribution >= 4 is 47.2 Å². The first kappa shape index (κ1) is 21.2. The average Bonchev–Trinajstić information content (AvgIpc) is 2.60. The topological polar surface area (TPSA) is 70.7 Å². The molecule has 0 atom stereocenters. The third-order valence-electron chi connectivity index (χ3n) is 4.50. The number of carbonyl (C=O) groups is 1. The molecule has 27 heavy (non-hydrogen) atoms. The summed E-state index contributed by atoms with van der Waals surface area (Å²) in [5.74, 6) is 0.606. The molecule has 0 unspecified atom stereocenters. The van der Waals surface area contributed by atoms with Crippen molar-refractivity contribution in [3.05, 3.63) is 59.2 Å². The molecule has 0 saturated carbocycles. The number of nitrogens with two attached hydrogens (primary N) is 1. The molecular formula is C21H27IN4O. The number of hydrogen-bond donors (Lipinski definition) is 2. The van der Waals surface area contributed by atoms with E-state index in [-0.39, 0.29) is 29.9 Å². The molecule has 1 aliphatic heterocycles. The number of amides is 1. The molecule has 5 nitrogen and oxygen atoms in total. The molecule has 1 fully saturated rings. The highest BCUT2D eigenvalue weighted by Crippen LogP contribution is 2.21. The Balaban J connectivity index is 0.00000261. The quantitative estimate of drug-likeness (QED) is 0.390. The summed E-state index contributed by atoms with van der Waals surface area (Å²) in [5.41, 5.74) is 11.3. The summed E-state index contributed by atoms with van der Waals surface area (Å²) in [6.45, 7) is 5.42. The van der Waals surface area contributed by atoms with E-state index >= 15 is 0 Å². The number of hydrogen-bond acceptors (Lipinski definition) is 2. The van der Waals surface area contributed by atoms with E-state index in [4.69, 9.17) is 5.73 Å². The smallest absolute Gasteiger partial charge is 0.226 e. The molecule has 1 saturated heterocycles. The lowest BCUT2D eigenvalue weighted by Gasteiger charge is -2.26. The lowest BCUT2D eigenvalue weighted by atomic mass is 10.1. The van der Waals surface area contributed by atoms with E-state index in [1.54, 1.807) is 0 Å². The van der Waals surface area contributed by atoms with Gasteiger partial charge >= 0.3 is 0 Å². The highest BCUT2D eigenvalue weighted by atomic mass is 127. The SMILES string of the molecule is Cc1cc(C)cc(NC(N)=NCc2ccc(N3CCCCC3=O)cc2)c1.I. The van der Waals surface area contributed by atoms with Crippen molar-refractivity contribution in [2.75, 3.05) is 16.8 Å². The minimum atomic E-state index is 0. The van der Waals surface area contributed by atoms with Crippen molar-refractivity contribution in [1.82, 2.24) is 0 Å². The Labute approximate surface area is 178 Å². The Kier molecular flexibility index (Phi) is 7.65. The van der Waals surface area contributed by atoms with E-state index in [1.807, 2.05) is 41.3 Å². The van der Waals surface area contributed by atoms with Crippen molar-refractivity contribution in [3.63, 3.8) is 0 Å². The third-order valence-corrected chi connectivity index (χ3v) is 4.50. The second-order valence-corrected chi connectivity index (χ2v) is 6.87. The predicted octanol–water partition coefficient (Wildman–Crippen LogP) is 4.37. The molecule has 0 aromatic heterocycles. The number of rotatable bonds is 4. The van der Waals surface area contributed by atoms with Crippen LogP contribution in [0.5, 0.6) is 0 Å². The standard InChI is InChI=1S/C21H26N4O.HI/c1-15-11-16(2)13-18(12-15)24-21(22)23-14-17-6-8-19(9-7-17)25-10-4-3-5-20(25)26;/h6-9,11-13H,3-5,10,14H2,1-2H3,(H3,22,23,24);1H. The number of benzene rings is 2. The van der Waals surface area contributed by atoms with E-state index in [9.17, 15) is 4.79 Å². The number of nitrogens with zero attached hydrogens (tertiary/aromatic N) is 2. The van der Waals surface area contributed by atoms with Crippen molar-refractivity contribution in [2.45, 2.75) is 39.7 Å². The lowest BCUT2D eigenvalue weighted by molar-refractivity contribution is -0.119. The first-order valence-corrected chi connectivity index (χ1v) is 9.06. The summed E-state index contributed by atoms with van der Waals surface area (Å²) in [4.78, 5) is 18.3. The van der Waals surface area contributed by atoms with Gasteiger partial charge in [0.2, 0.25) is 5.91 Å². The van der Waals surface area contributed by atoms with Gasteiger partial charge in [0.15, 0.2) is 5.96 Å². The van der Waals surface area contributed by atoms with Gasteiger partial charge in [-0.1, -0.05) is 18.2 Å². The van der Waals surface area contributed by atoms with Crippen LogP contribution in [0.3, 0.4) is 0 Å². The zero-order chi connectivity index (χ0) is 18.5. The molecule has 3 N–H and O–H groups in total. The summed E-state index contributed by atoms with van der Waals surface area (Å²) in [6, 6.07) is 14.2. The number of nitrogens with one attached hydrogen (secondary N) is 1. The first-order chi connectivity index (χ1) is 12.5. The molecule has 3 rings (SSSR count). The summed E-state index contributed by atoms with van der Waals surface area (Å²) in [5, 5.41) is 3.14. The van der Waals surface area contributed by atoms with Gasteiger partial charge in [-0.15, -0.1) is 24.0 Å². The second kappa shape index (κ2) is 9.73. The largest absolute Gasteiger partial charge is 0.370 e. The normalized spacial score (nSPS) is 14.7. The van der Waals surface area contributed by atoms with E-state index < -0.39 is 0 Å². The monoisotopic (exact) mass is 478 g/mol. The van der Waals surface area contributed by atoms with Crippen LogP contribution in [-0.4, -0.2) is 18.4 Å². The maximum absolute atomic E-state index is 12.0. The summed E-state index contributed by atoms with van der Waals surface area (Å²) >= 11 is 0. The molecule has 0 spiro atoms. The fourth-order valence-electron chi connectivity index (χ4n) is 3.27. The Hall–Kier alpha value is -2.09.